The maximum absolute atomic E-state index is 8.74. The summed E-state index contributed by atoms with van der Waals surface area (Å²) in [4.78, 5) is 0. The van der Waals surface area contributed by atoms with Crippen molar-refractivity contribution in [2.45, 2.75) is 77.0 Å². The summed E-state index contributed by atoms with van der Waals surface area (Å²) in [6.45, 7) is 9.00. The minimum atomic E-state index is -4.67. The van der Waals surface area contributed by atoms with Crippen LogP contribution in [0, 0.1) is 0 Å². The Morgan fingerprint density at radius 2 is 0.533 bits per heavy atom. The molecule has 4 aliphatic rings. The van der Waals surface area contributed by atoms with E-state index in [1.54, 1.807) is 0 Å². The van der Waals surface area contributed by atoms with Gasteiger partial charge in [0.25, 0.3) is 0 Å². The summed E-state index contributed by atoms with van der Waals surface area (Å²) in [5.41, 5.74) is 0. The molecule has 2 N–H and O–H groups in total. The quantitative estimate of drug-likeness (QED) is 0.336. The molecule has 4 aliphatic heterocycles. The number of rotatable bonds is 0. The van der Waals surface area contributed by atoms with E-state index in [0.29, 0.717) is 0 Å². The molecule has 8 nitrogen and oxygen atoms in total. The first-order valence-corrected chi connectivity index (χ1v) is 12.6. The minimum absolute atomic E-state index is 0. The van der Waals surface area contributed by atoms with Crippen molar-refractivity contribution in [1.82, 2.24) is 0 Å². The predicted octanol–water partition coefficient (Wildman–Crippen LogP) is 5.52. The fourth-order valence-corrected chi connectivity index (χ4v) is 2.94. The summed E-state index contributed by atoms with van der Waals surface area (Å²) in [5.74, 6) is 0. The van der Waals surface area contributed by atoms with Crippen LogP contribution in [-0.4, -0.2) is 69.9 Å². The molecule has 0 aliphatic carbocycles. The third kappa shape index (κ3) is 35.7. The molecule has 4 heterocycles. The van der Waals surface area contributed by atoms with Crippen LogP contribution >= 0.6 is 0 Å². The fourth-order valence-electron chi connectivity index (χ4n) is 2.94. The molecule has 0 atom stereocenters. The molecule has 0 spiro atoms. The molecule has 1 radical (unpaired) electrons. The van der Waals surface area contributed by atoms with Crippen molar-refractivity contribution in [2.75, 3.05) is 52.4 Å². The molecule has 0 bridgehead atoms. The third-order valence-corrected chi connectivity index (χ3v) is 4.53. The first kappa shape index (κ1) is 32.4. The monoisotopic (exact) mass is 497 g/mol. The van der Waals surface area contributed by atoms with E-state index in [1.165, 1.54) is 77.0 Å². The van der Waals surface area contributed by atoms with Crippen molar-refractivity contribution in [3.63, 3.8) is 0 Å². The van der Waals surface area contributed by atoms with Crippen LogP contribution in [0.3, 0.4) is 0 Å². The first-order chi connectivity index (χ1) is 14.0. The topological polar surface area (TPSA) is 131 Å². The van der Waals surface area contributed by atoms with E-state index in [2.05, 4.69) is 21.3 Å². The Hall–Kier alpha value is 0.229. The van der Waals surface area contributed by atoms with Gasteiger partial charge in [0.2, 0.25) is 0 Å². The van der Waals surface area contributed by atoms with Crippen LogP contribution in [0.2, 0.25) is 0 Å². The maximum Gasteiger partial charge on any atom is 2.00 e. The van der Waals surface area contributed by atoms with Crippen molar-refractivity contribution in [3.8, 4) is 0 Å². The normalized spacial score (nSPS) is 21.1. The van der Waals surface area contributed by atoms with Crippen LogP contribution < -0.4 is 0 Å². The molecule has 4 fully saturated rings. The van der Waals surface area contributed by atoms with Crippen LogP contribution in [-0.2, 0) is 27.5 Å². The van der Waals surface area contributed by atoms with Gasteiger partial charge in [-0.05, 0) is 0 Å². The second kappa shape index (κ2) is 25.5. The molecule has 4 saturated heterocycles. The second-order valence-electron chi connectivity index (χ2n) is 7.37. The van der Waals surface area contributed by atoms with E-state index in [0.717, 1.165) is 52.4 Å². The molecule has 30 heavy (non-hydrogen) atoms. The SMILES string of the molecule is C1CC[N-]CC1.C1CC[N-]CC1.C1CC[N-]CC1.C1CC[N-]CC1.O=S(=O)(O)O.[Cu+2]. The summed E-state index contributed by atoms with van der Waals surface area (Å²) in [6, 6.07) is 0. The second-order valence-corrected chi connectivity index (χ2v) is 8.27. The van der Waals surface area contributed by atoms with Crippen LogP contribution in [0.25, 0.3) is 21.3 Å². The van der Waals surface area contributed by atoms with E-state index in [4.69, 9.17) is 17.5 Å². The Bertz CT molecular complexity index is 313. The summed E-state index contributed by atoms with van der Waals surface area (Å²) in [5, 5.41) is 16.7. The van der Waals surface area contributed by atoms with Gasteiger partial charge in [-0.15, -0.1) is 52.4 Å². The van der Waals surface area contributed by atoms with Gasteiger partial charge in [0.15, 0.2) is 0 Å². The molecule has 0 saturated carbocycles. The Morgan fingerprint density at radius 3 is 0.567 bits per heavy atom. The predicted molar refractivity (Wildman–Crippen MR) is 122 cm³/mol. The van der Waals surface area contributed by atoms with Gasteiger partial charge in [0.05, 0.1) is 0 Å². The van der Waals surface area contributed by atoms with Gasteiger partial charge in [-0.3, -0.25) is 9.11 Å². The van der Waals surface area contributed by atoms with Gasteiger partial charge in [0, 0.05) is 0 Å². The first-order valence-electron chi connectivity index (χ1n) is 11.2. The van der Waals surface area contributed by atoms with Crippen LogP contribution in [0.4, 0.5) is 0 Å². The van der Waals surface area contributed by atoms with Gasteiger partial charge in [0.1, 0.15) is 0 Å². The zero-order chi connectivity index (χ0) is 21.5. The van der Waals surface area contributed by atoms with Gasteiger partial charge in [-0.25, -0.2) is 0 Å². The molecular formula is C20H42CuN4O4S-2. The largest absolute Gasteiger partial charge is 2.00 e. The summed E-state index contributed by atoms with van der Waals surface area (Å²) in [7, 11) is -4.67. The van der Waals surface area contributed by atoms with Crippen LogP contribution in [0.1, 0.15) is 77.0 Å². The molecule has 0 aromatic carbocycles. The number of nitrogens with zero attached hydrogens (tertiary/aromatic N) is 4. The molecule has 0 unspecified atom stereocenters. The van der Waals surface area contributed by atoms with Crippen molar-refractivity contribution in [3.05, 3.63) is 21.3 Å². The van der Waals surface area contributed by atoms with Crippen molar-refractivity contribution >= 4 is 10.4 Å². The molecule has 0 amide bonds. The number of piperidine rings is 4. The van der Waals surface area contributed by atoms with E-state index >= 15 is 0 Å². The Kier molecular flexibility index (Phi) is 27.5. The standard InChI is InChI=1S/4C5H10N.Cu.H2O4S/c4*1-2-4-6-5-3-1;;1-5(2,3)4/h4*1-5H2;;(H2,1,2,3,4)/q4*-1;+2;. The van der Waals surface area contributed by atoms with Crippen molar-refractivity contribution in [2.24, 2.45) is 0 Å². The fraction of sp³-hybridized carbons (Fsp3) is 1.00. The average molecular weight is 498 g/mol. The van der Waals surface area contributed by atoms with Crippen LogP contribution in [0.5, 0.6) is 0 Å². The van der Waals surface area contributed by atoms with Crippen molar-refractivity contribution < 1.29 is 34.6 Å². The van der Waals surface area contributed by atoms with E-state index < -0.39 is 10.4 Å². The molecule has 185 valence electrons. The smallest absolute Gasteiger partial charge is 0.662 e. The zero-order valence-corrected chi connectivity index (χ0v) is 20.1. The molecule has 0 aromatic rings. The van der Waals surface area contributed by atoms with Crippen LogP contribution in [0.15, 0.2) is 0 Å². The summed E-state index contributed by atoms with van der Waals surface area (Å²) in [6.07, 6.45) is 16.3. The Balaban J connectivity index is 0. The molecular weight excluding hydrogens is 456 g/mol. The van der Waals surface area contributed by atoms with Crippen molar-refractivity contribution in [1.29, 1.82) is 0 Å². The van der Waals surface area contributed by atoms with E-state index in [1.807, 2.05) is 0 Å². The number of hydrogen-bond donors (Lipinski definition) is 2. The average Bonchev–Trinajstić information content (AvgIpc) is 2.79. The van der Waals surface area contributed by atoms with Gasteiger partial charge < -0.3 is 21.3 Å². The third-order valence-electron chi connectivity index (χ3n) is 4.53. The van der Waals surface area contributed by atoms with Gasteiger partial charge >= 0.3 is 27.5 Å². The molecule has 4 rings (SSSR count). The molecule has 0 aromatic heterocycles. The summed E-state index contributed by atoms with van der Waals surface area (Å²) >= 11 is 0. The Labute approximate surface area is 195 Å². The minimum Gasteiger partial charge on any atom is -0.662 e. The zero-order valence-electron chi connectivity index (χ0n) is 18.4. The van der Waals surface area contributed by atoms with E-state index in [-0.39, 0.29) is 17.1 Å². The van der Waals surface area contributed by atoms with Gasteiger partial charge in [-0.2, -0.15) is 8.42 Å². The van der Waals surface area contributed by atoms with E-state index in [9.17, 15) is 0 Å². The number of hydrogen-bond acceptors (Lipinski definition) is 2. The molecule has 10 heteroatoms. The maximum atomic E-state index is 8.74. The van der Waals surface area contributed by atoms with Gasteiger partial charge in [-0.1, -0.05) is 77.0 Å². The Morgan fingerprint density at radius 1 is 0.400 bits per heavy atom. The summed E-state index contributed by atoms with van der Waals surface area (Å²) < 4.78 is 31.6.